The minimum absolute atomic E-state index is 0.0357. The van der Waals surface area contributed by atoms with E-state index >= 15 is 0 Å². The zero-order valence-electron chi connectivity index (χ0n) is 11.6. The number of aliphatic hydroxyl groups excluding tert-OH is 1. The van der Waals surface area contributed by atoms with Crippen LogP contribution in [0.1, 0.15) is 56.6 Å². The van der Waals surface area contributed by atoms with Gasteiger partial charge in [-0.2, -0.15) is 0 Å². The number of hydrogen-bond acceptors (Lipinski definition) is 3. The Balaban J connectivity index is 1.93. The number of rotatable bonds is 4. The average molecular weight is 265 g/mol. The third-order valence-corrected chi connectivity index (χ3v) is 3.84. The Labute approximate surface area is 113 Å². The van der Waals surface area contributed by atoms with Crippen LogP contribution >= 0.6 is 0 Å². The van der Waals surface area contributed by atoms with Gasteiger partial charge < -0.3 is 15.4 Å². The molecule has 0 aromatic carbocycles. The summed E-state index contributed by atoms with van der Waals surface area (Å²) in [5.74, 6) is 0.950. The summed E-state index contributed by atoms with van der Waals surface area (Å²) in [7, 11) is 0. The lowest BCUT2D eigenvalue weighted by Gasteiger charge is -2.26. The van der Waals surface area contributed by atoms with Crippen molar-refractivity contribution in [1.29, 1.82) is 0 Å². The van der Waals surface area contributed by atoms with Crippen molar-refractivity contribution in [3.8, 4) is 0 Å². The molecule has 1 fully saturated rings. The van der Waals surface area contributed by atoms with Crippen LogP contribution in [0.2, 0.25) is 0 Å². The Morgan fingerprint density at radius 2 is 2.21 bits per heavy atom. The first-order chi connectivity index (χ1) is 9.10. The van der Waals surface area contributed by atoms with Crippen LogP contribution in [0.3, 0.4) is 0 Å². The summed E-state index contributed by atoms with van der Waals surface area (Å²) in [5.41, 5.74) is 1.00. The van der Waals surface area contributed by atoms with E-state index in [2.05, 4.69) is 15.3 Å². The number of H-pyrrole nitrogens is 1. The Morgan fingerprint density at radius 1 is 1.53 bits per heavy atom. The molecule has 1 saturated carbocycles. The number of aliphatic hydroxyl groups is 1. The van der Waals surface area contributed by atoms with Crippen molar-refractivity contribution in [2.45, 2.75) is 58.1 Å². The second-order valence-electron chi connectivity index (χ2n) is 5.43. The number of carbonyl (C=O) groups is 1. The smallest absolute Gasteiger partial charge is 0.223 e. The molecule has 1 amide bonds. The van der Waals surface area contributed by atoms with Crippen molar-refractivity contribution in [3.63, 3.8) is 0 Å². The van der Waals surface area contributed by atoms with Gasteiger partial charge in [-0.1, -0.05) is 6.92 Å². The molecule has 1 aromatic rings. The highest BCUT2D eigenvalue weighted by Crippen LogP contribution is 2.25. The molecule has 1 unspecified atom stereocenters. The van der Waals surface area contributed by atoms with Gasteiger partial charge in [-0.15, -0.1) is 0 Å². The van der Waals surface area contributed by atoms with E-state index in [1.807, 2.05) is 13.8 Å². The van der Waals surface area contributed by atoms with Crippen LogP contribution in [0.15, 0.2) is 6.20 Å². The molecule has 0 spiro atoms. The molecular weight excluding hydrogens is 242 g/mol. The second kappa shape index (κ2) is 6.19. The van der Waals surface area contributed by atoms with Crippen LogP contribution in [0, 0.1) is 12.8 Å². The van der Waals surface area contributed by atoms with Crippen molar-refractivity contribution < 1.29 is 9.90 Å². The van der Waals surface area contributed by atoms with Crippen molar-refractivity contribution in [2.75, 3.05) is 0 Å². The van der Waals surface area contributed by atoms with Crippen LogP contribution in [-0.4, -0.2) is 27.1 Å². The Morgan fingerprint density at radius 3 is 2.74 bits per heavy atom. The van der Waals surface area contributed by atoms with Gasteiger partial charge in [-0.05, 0) is 39.0 Å². The number of amides is 1. The number of aromatic amines is 1. The van der Waals surface area contributed by atoms with Gasteiger partial charge in [0.1, 0.15) is 5.82 Å². The lowest BCUT2D eigenvalue weighted by molar-refractivity contribution is -0.127. The van der Waals surface area contributed by atoms with Crippen LogP contribution < -0.4 is 5.32 Å². The van der Waals surface area contributed by atoms with E-state index in [4.69, 9.17) is 0 Å². The molecule has 1 heterocycles. The number of aryl methyl sites for hydroxylation is 1. The SMILES string of the molecule is CCC(NC(=O)C1CCC(O)CC1)c1ncc(C)[nH]1. The molecule has 0 bridgehead atoms. The van der Waals surface area contributed by atoms with Crippen LogP contribution in [-0.2, 0) is 4.79 Å². The fraction of sp³-hybridized carbons (Fsp3) is 0.714. The quantitative estimate of drug-likeness (QED) is 0.777. The predicted molar refractivity (Wildman–Crippen MR) is 72.5 cm³/mol. The molecule has 3 N–H and O–H groups in total. The highest BCUT2D eigenvalue weighted by atomic mass is 16.3. The lowest BCUT2D eigenvalue weighted by Crippen LogP contribution is -2.36. The van der Waals surface area contributed by atoms with E-state index in [1.165, 1.54) is 0 Å². The molecule has 1 aliphatic rings. The molecule has 0 radical (unpaired) electrons. The van der Waals surface area contributed by atoms with Gasteiger partial charge in [0, 0.05) is 17.8 Å². The Kier molecular flexibility index (Phi) is 4.58. The zero-order valence-corrected chi connectivity index (χ0v) is 11.6. The van der Waals surface area contributed by atoms with Gasteiger partial charge in [-0.25, -0.2) is 4.98 Å². The van der Waals surface area contributed by atoms with E-state index in [0.29, 0.717) is 0 Å². The van der Waals surface area contributed by atoms with Gasteiger partial charge in [-0.3, -0.25) is 4.79 Å². The van der Waals surface area contributed by atoms with Crippen LogP contribution in [0.5, 0.6) is 0 Å². The summed E-state index contributed by atoms with van der Waals surface area (Å²) in [4.78, 5) is 19.7. The van der Waals surface area contributed by atoms with Crippen LogP contribution in [0.25, 0.3) is 0 Å². The molecular formula is C14H23N3O2. The van der Waals surface area contributed by atoms with E-state index in [0.717, 1.165) is 43.6 Å². The van der Waals surface area contributed by atoms with Gasteiger partial charge in [0.15, 0.2) is 0 Å². The van der Waals surface area contributed by atoms with E-state index in [1.54, 1.807) is 6.20 Å². The molecule has 0 saturated heterocycles. The predicted octanol–water partition coefficient (Wildman–Crippen LogP) is 1.84. The number of aromatic nitrogens is 2. The maximum absolute atomic E-state index is 12.2. The van der Waals surface area contributed by atoms with Crippen molar-refractivity contribution in [3.05, 3.63) is 17.7 Å². The number of carbonyl (C=O) groups excluding carboxylic acids is 1. The summed E-state index contributed by atoms with van der Waals surface area (Å²) >= 11 is 0. The molecule has 0 aliphatic heterocycles. The fourth-order valence-electron chi connectivity index (χ4n) is 2.60. The maximum Gasteiger partial charge on any atom is 0.223 e. The van der Waals surface area contributed by atoms with E-state index in [9.17, 15) is 9.90 Å². The van der Waals surface area contributed by atoms with Crippen molar-refractivity contribution in [2.24, 2.45) is 5.92 Å². The molecule has 1 atom stereocenters. The third-order valence-electron chi connectivity index (χ3n) is 3.84. The van der Waals surface area contributed by atoms with Gasteiger partial charge in [0.2, 0.25) is 5.91 Å². The first-order valence-corrected chi connectivity index (χ1v) is 7.10. The third kappa shape index (κ3) is 3.56. The maximum atomic E-state index is 12.2. The van der Waals surface area contributed by atoms with Gasteiger partial charge in [0.25, 0.3) is 0 Å². The first kappa shape index (κ1) is 14.1. The largest absolute Gasteiger partial charge is 0.393 e. The Bertz CT molecular complexity index is 422. The van der Waals surface area contributed by atoms with E-state index < -0.39 is 0 Å². The van der Waals surface area contributed by atoms with E-state index in [-0.39, 0.29) is 24.0 Å². The molecule has 19 heavy (non-hydrogen) atoms. The van der Waals surface area contributed by atoms with Crippen molar-refractivity contribution in [1.82, 2.24) is 15.3 Å². The standard InChI is InChI=1S/C14H23N3O2/c1-3-12(13-15-8-9(2)16-13)17-14(19)10-4-6-11(18)7-5-10/h8,10-12,18H,3-7H2,1-2H3,(H,15,16)(H,17,19). The zero-order chi connectivity index (χ0) is 13.8. The molecule has 2 rings (SSSR count). The highest BCUT2D eigenvalue weighted by Gasteiger charge is 2.27. The molecule has 1 aliphatic carbocycles. The number of nitrogens with one attached hydrogen (secondary N) is 2. The second-order valence-corrected chi connectivity index (χ2v) is 5.43. The summed E-state index contributed by atoms with van der Waals surface area (Å²) in [6.45, 7) is 3.99. The molecule has 1 aromatic heterocycles. The van der Waals surface area contributed by atoms with Crippen LogP contribution in [0.4, 0.5) is 0 Å². The average Bonchev–Trinajstić information content (AvgIpc) is 2.83. The summed E-state index contributed by atoms with van der Waals surface area (Å²) in [6, 6.07) is -0.0481. The highest BCUT2D eigenvalue weighted by molar-refractivity contribution is 5.79. The van der Waals surface area contributed by atoms with Gasteiger partial charge in [0.05, 0.1) is 12.1 Å². The Hall–Kier alpha value is -1.36. The molecule has 5 heteroatoms. The minimum Gasteiger partial charge on any atom is -0.393 e. The number of imidazole rings is 1. The van der Waals surface area contributed by atoms with Crippen molar-refractivity contribution >= 4 is 5.91 Å². The van der Waals surface area contributed by atoms with Gasteiger partial charge >= 0.3 is 0 Å². The first-order valence-electron chi connectivity index (χ1n) is 7.10. The topological polar surface area (TPSA) is 78.0 Å². The fourth-order valence-corrected chi connectivity index (χ4v) is 2.60. The summed E-state index contributed by atoms with van der Waals surface area (Å²) in [6.07, 6.45) is 5.39. The molecule has 106 valence electrons. The summed E-state index contributed by atoms with van der Waals surface area (Å²) < 4.78 is 0. The summed E-state index contributed by atoms with van der Waals surface area (Å²) in [5, 5.41) is 12.5. The minimum atomic E-state index is -0.223. The monoisotopic (exact) mass is 265 g/mol. The normalized spacial score (nSPS) is 25.0. The molecule has 5 nitrogen and oxygen atoms in total. The number of hydrogen-bond donors (Lipinski definition) is 3. The number of nitrogens with zero attached hydrogens (tertiary/aromatic N) is 1. The lowest BCUT2D eigenvalue weighted by atomic mass is 9.86.